The summed E-state index contributed by atoms with van der Waals surface area (Å²) < 4.78 is 32.4. The van der Waals surface area contributed by atoms with Crippen LogP contribution in [-0.4, -0.2) is 13.3 Å². The van der Waals surface area contributed by atoms with Crippen LogP contribution in [0.1, 0.15) is 46.7 Å². The summed E-state index contributed by atoms with van der Waals surface area (Å²) in [6, 6.07) is 16.4. The minimum absolute atomic E-state index is 0.350. The summed E-state index contributed by atoms with van der Waals surface area (Å²) in [5.74, 6) is 2.10. The first kappa shape index (κ1) is 24.2. The Balaban J connectivity index is 1.96. The minimum atomic E-state index is -3.43. The Hall–Kier alpha value is -2.91. The zero-order valence-corrected chi connectivity index (χ0v) is 21.9. The molecule has 0 saturated heterocycles. The number of anilines is 1. The third kappa shape index (κ3) is 4.95. The molecule has 34 heavy (non-hydrogen) atoms. The second-order valence-electron chi connectivity index (χ2n) is 9.19. The summed E-state index contributed by atoms with van der Waals surface area (Å²) in [6.45, 7) is 11.3. The SMILES string of the molecule is CCCP1(=O)Oc2c(C)cc(C)cc2CN(c2ccccc2OC)Cc2cc(C)cc(C)c2O1. The monoisotopic (exact) mass is 479 g/mol. The molecule has 0 unspecified atom stereocenters. The lowest BCUT2D eigenvalue weighted by atomic mass is 10.0. The van der Waals surface area contributed by atoms with Crippen LogP contribution in [-0.2, 0) is 17.7 Å². The van der Waals surface area contributed by atoms with E-state index in [1.807, 2.05) is 39.0 Å². The molecule has 0 amide bonds. The van der Waals surface area contributed by atoms with Crippen LogP contribution in [0.5, 0.6) is 17.2 Å². The molecule has 0 spiro atoms. The molecule has 0 atom stereocenters. The van der Waals surface area contributed by atoms with Crippen LogP contribution in [0.25, 0.3) is 0 Å². The van der Waals surface area contributed by atoms with E-state index in [9.17, 15) is 4.57 Å². The van der Waals surface area contributed by atoms with Gasteiger partial charge >= 0.3 is 7.60 Å². The van der Waals surface area contributed by atoms with Gasteiger partial charge in [0.05, 0.1) is 19.0 Å². The molecule has 0 radical (unpaired) electrons. The molecule has 0 N–H and O–H groups in total. The van der Waals surface area contributed by atoms with Crippen LogP contribution >= 0.6 is 7.60 Å². The Morgan fingerprint density at radius 3 is 1.91 bits per heavy atom. The summed E-state index contributed by atoms with van der Waals surface area (Å²) in [5.41, 5.74) is 7.13. The lowest BCUT2D eigenvalue weighted by Crippen LogP contribution is -2.25. The average Bonchev–Trinajstić information content (AvgIpc) is 2.78. The van der Waals surface area contributed by atoms with Gasteiger partial charge in [0.2, 0.25) is 0 Å². The average molecular weight is 480 g/mol. The largest absolute Gasteiger partial charge is 0.495 e. The van der Waals surface area contributed by atoms with E-state index in [0.29, 0.717) is 37.2 Å². The summed E-state index contributed by atoms with van der Waals surface area (Å²) in [5, 5.41) is 0. The number of methoxy groups -OCH3 is 1. The van der Waals surface area contributed by atoms with Crippen molar-refractivity contribution in [2.75, 3.05) is 18.2 Å². The first-order valence-electron chi connectivity index (χ1n) is 11.8. The standard InChI is InChI=1S/C28H34NO4P/c1-7-12-34(30)32-27-21(4)13-19(2)15-23(27)17-29(25-10-8-9-11-26(25)31-6)18-24-16-20(3)14-22(5)28(24)33-34/h8-11,13-16H,7,12,17-18H2,1-6H3. The van der Waals surface area contributed by atoms with E-state index < -0.39 is 7.60 Å². The number of ether oxygens (including phenoxy) is 1. The molecular formula is C28H34NO4P. The van der Waals surface area contributed by atoms with Gasteiger partial charge in [0.15, 0.2) is 0 Å². The van der Waals surface area contributed by atoms with Crippen LogP contribution in [0.15, 0.2) is 48.5 Å². The number of hydrogen-bond donors (Lipinski definition) is 0. The van der Waals surface area contributed by atoms with E-state index in [2.05, 4.69) is 49.1 Å². The maximum Gasteiger partial charge on any atom is 0.430 e. The number of nitrogens with zero attached hydrogens (tertiary/aromatic N) is 1. The van der Waals surface area contributed by atoms with E-state index in [0.717, 1.165) is 44.8 Å². The summed E-state index contributed by atoms with van der Waals surface area (Å²) in [4.78, 5) is 2.27. The third-order valence-electron chi connectivity index (χ3n) is 6.10. The van der Waals surface area contributed by atoms with Gasteiger partial charge in [-0.05, 0) is 57.4 Å². The van der Waals surface area contributed by atoms with Gasteiger partial charge in [-0.1, -0.05) is 54.4 Å². The zero-order chi connectivity index (χ0) is 24.5. The highest BCUT2D eigenvalue weighted by atomic mass is 31.2. The van der Waals surface area contributed by atoms with Gasteiger partial charge in [0, 0.05) is 24.2 Å². The van der Waals surface area contributed by atoms with Gasteiger partial charge < -0.3 is 18.7 Å². The minimum Gasteiger partial charge on any atom is -0.495 e. The molecule has 0 aromatic heterocycles. The molecular weight excluding hydrogens is 445 g/mol. The van der Waals surface area contributed by atoms with Gasteiger partial charge in [0.1, 0.15) is 17.2 Å². The van der Waals surface area contributed by atoms with Crippen molar-refractivity contribution in [1.29, 1.82) is 0 Å². The lowest BCUT2D eigenvalue weighted by Gasteiger charge is -2.32. The summed E-state index contributed by atoms with van der Waals surface area (Å²) >= 11 is 0. The van der Waals surface area contributed by atoms with Crippen molar-refractivity contribution in [3.05, 3.63) is 81.9 Å². The van der Waals surface area contributed by atoms with E-state index in [4.69, 9.17) is 13.8 Å². The van der Waals surface area contributed by atoms with E-state index >= 15 is 0 Å². The summed E-state index contributed by atoms with van der Waals surface area (Å²) in [7, 11) is -1.74. The van der Waals surface area contributed by atoms with E-state index in [-0.39, 0.29) is 0 Å². The van der Waals surface area contributed by atoms with Crippen molar-refractivity contribution < 1.29 is 18.3 Å². The predicted molar refractivity (Wildman–Crippen MR) is 139 cm³/mol. The van der Waals surface area contributed by atoms with E-state index in [1.54, 1.807) is 7.11 Å². The van der Waals surface area contributed by atoms with Gasteiger partial charge in [-0.25, -0.2) is 4.57 Å². The number of aryl methyl sites for hydroxylation is 4. The molecule has 0 saturated carbocycles. The first-order valence-corrected chi connectivity index (χ1v) is 13.5. The fourth-order valence-electron chi connectivity index (χ4n) is 4.77. The van der Waals surface area contributed by atoms with Crippen LogP contribution in [0.4, 0.5) is 5.69 Å². The van der Waals surface area contributed by atoms with Gasteiger partial charge in [-0.3, -0.25) is 0 Å². The van der Waals surface area contributed by atoms with Crippen molar-refractivity contribution in [2.45, 2.75) is 54.1 Å². The Morgan fingerprint density at radius 1 is 0.882 bits per heavy atom. The maximum absolute atomic E-state index is 14.0. The van der Waals surface area contributed by atoms with Crippen molar-refractivity contribution in [3.8, 4) is 17.2 Å². The fraction of sp³-hybridized carbons (Fsp3) is 0.357. The molecule has 3 aromatic carbocycles. The predicted octanol–water partition coefficient (Wildman–Crippen LogP) is 7.51. The molecule has 1 aliphatic heterocycles. The molecule has 180 valence electrons. The van der Waals surface area contributed by atoms with Crippen LogP contribution in [0.3, 0.4) is 0 Å². The molecule has 5 nitrogen and oxygen atoms in total. The molecule has 3 aromatic rings. The van der Waals surface area contributed by atoms with Gasteiger partial charge in [0.25, 0.3) is 0 Å². The second kappa shape index (κ2) is 9.76. The molecule has 4 rings (SSSR count). The Bertz CT molecular complexity index is 1190. The van der Waals surface area contributed by atoms with Crippen molar-refractivity contribution in [2.24, 2.45) is 0 Å². The summed E-state index contributed by atoms with van der Waals surface area (Å²) in [6.07, 6.45) is 1.05. The quantitative estimate of drug-likeness (QED) is 0.362. The van der Waals surface area contributed by atoms with Crippen molar-refractivity contribution in [1.82, 2.24) is 0 Å². The molecule has 0 bridgehead atoms. The number of hydrogen-bond acceptors (Lipinski definition) is 5. The Kier molecular flexibility index (Phi) is 6.95. The Morgan fingerprint density at radius 2 is 1.41 bits per heavy atom. The van der Waals surface area contributed by atoms with Crippen LogP contribution in [0.2, 0.25) is 0 Å². The molecule has 6 heteroatoms. The fourth-order valence-corrected chi connectivity index (χ4v) is 6.62. The number of benzene rings is 3. The third-order valence-corrected chi connectivity index (χ3v) is 8.01. The second-order valence-corrected chi connectivity index (χ2v) is 11.2. The topological polar surface area (TPSA) is 48.0 Å². The highest BCUT2D eigenvalue weighted by Crippen LogP contribution is 2.53. The van der Waals surface area contributed by atoms with Crippen LogP contribution < -0.4 is 18.7 Å². The lowest BCUT2D eigenvalue weighted by molar-refractivity contribution is 0.377. The number of rotatable bonds is 4. The molecule has 1 heterocycles. The highest BCUT2D eigenvalue weighted by molar-refractivity contribution is 7.54. The van der Waals surface area contributed by atoms with Gasteiger partial charge in [-0.15, -0.1) is 0 Å². The zero-order valence-electron chi connectivity index (χ0n) is 21.0. The van der Waals surface area contributed by atoms with Gasteiger partial charge in [-0.2, -0.15) is 0 Å². The smallest absolute Gasteiger partial charge is 0.430 e. The van der Waals surface area contributed by atoms with E-state index in [1.165, 1.54) is 0 Å². The van der Waals surface area contributed by atoms with Crippen molar-refractivity contribution in [3.63, 3.8) is 0 Å². The first-order chi connectivity index (χ1) is 16.2. The molecule has 0 fully saturated rings. The normalized spacial score (nSPS) is 14.9. The molecule has 0 aliphatic carbocycles. The molecule has 1 aliphatic rings. The number of para-hydroxylation sites is 2. The van der Waals surface area contributed by atoms with Crippen molar-refractivity contribution >= 4 is 13.3 Å². The maximum atomic E-state index is 14.0. The van der Waals surface area contributed by atoms with Crippen LogP contribution in [0, 0.1) is 27.7 Å². The number of fused-ring (bicyclic) bond motifs is 2. The Labute approximate surface area is 203 Å². The highest BCUT2D eigenvalue weighted by Gasteiger charge is 2.32.